The lowest BCUT2D eigenvalue weighted by Crippen LogP contribution is -2.50. The highest BCUT2D eigenvalue weighted by Crippen LogP contribution is 2.30. The molecule has 7 nitrogen and oxygen atoms in total. The Hall–Kier alpha value is -3.17. The van der Waals surface area contributed by atoms with E-state index in [4.69, 9.17) is 0 Å². The van der Waals surface area contributed by atoms with Crippen molar-refractivity contribution in [2.24, 2.45) is 0 Å². The molecule has 2 aromatic rings. The van der Waals surface area contributed by atoms with E-state index in [9.17, 15) is 18.0 Å². The number of aldehydes is 1. The SMILES string of the molecule is C[C@H]1CN(c2nccnc2Nc2ccc(C(F)(F)F)nc2)CCN1C=CC=O. The molecule has 0 bridgehead atoms. The third kappa shape index (κ3) is 4.56. The van der Waals surface area contributed by atoms with Crippen molar-refractivity contribution < 1.29 is 18.0 Å². The summed E-state index contributed by atoms with van der Waals surface area (Å²) >= 11 is 0. The average Bonchev–Trinajstić information content (AvgIpc) is 2.67. The summed E-state index contributed by atoms with van der Waals surface area (Å²) in [6.45, 7) is 4.04. The first-order chi connectivity index (χ1) is 13.4. The van der Waals surface area contributed by atoms with E-state index in [0.717, 1.165) is 18.5 Å². The monoisotopic (exact) mass is 392 g/mol. The van der Waals surface area contributed by atoms with Gasteiger partial charge in [-0.05, 0) is 25.1 Å². The molecule has 2 aromatic heterocycles. The highest BCUT2D eigenvalue weighted by Gasteiger charge is 2.32. The molecule has 1 atom stereocenters. The fourth-order valence-corrected chi connectivity index (χ4v) is 2.95. The van der Waals surface area contributed by atoms with Gasteiger partial charge >= 0.3 is 6.18 Å². The van der Waals surface area contributed by atoms with E-state index in [0.29, 0.717) is 37.0 Å². The van der Waals surface area contributed by atoms with E-state index in [2.05, 4.69) is 25.2 Å². The molecule has 3 heterocycles. The van der Waals surface area contributed by atoms with E-state index in [1.54, 1.807) is 12.4 Å². The van der Waals surface area contributed by atoms with Gasteiger partial charge in [-0.25, -0.2) is 15.0 Å². The molecule has 0 unspecified atom stereocenters. The Morgan fingerprint density at radius 2 is 1.96 bits per heavy atom. The summed E-state index contributed by atoms with van der Waals surface area (Å²) in [5.41, 5.74) is -0.568. The van der Waals surface area contributed by atoms with E-state index >= 15 is 0 Å². The van der Waals surface area contributed by atoms with Gasteiger partial charge < -0.3 is 15.1 Å². The number of nitrogens with one attached hydrogen (secondary N) is 1. The Labute approximate surface area is 159 Å². The molecule has 0 aliphatic carbocycles. The van der Waals surface area contributed by atoms with Crippen LogP contribution in [0, 0.1) is 0 Å². The molecular formula is C18H19F3N6O. The number of rotatable bonds is 5. The maximum absolute atomic E-state index is 12.7. The van der Waals surface area contributed by atoms with E-state index in [1.165, 1.54) is 18.3 Å². The van der Waals surface area contributed by atoms with Gasteiger partial charge in [0.05, 0.1) is 11.9 Å². The highest BCUT2D eigenvalue weighted by atomic mass is 19.4. The molecule has 1 N–H and O–H groups in total. The predicted molar refractivity (Wildman–Crippen MR) is 98.1 cm³/mol. The Kier molecular flexibility index (Phi) is 5.76. The smallest absolute Gasteiger partial charge is 0.371 e. The normalized spacial score (nSPS) is 17.8. The first kappa shape index (κ1) is 19.6. The second kappa shape index (κ2) is 8.24. The molecule has 1 saturated heterocycles. The van der Waals surface area contributed by atoms with Gasteiger partial charge in [0.2, 0.25) is 0 Å². The molecule has 1 fully saturated rings. The number of alkyl halides is 3. The van der Waals surface area contributed by atoms with Gasteiger partial charge in [-0.3, -0.25) is 4.79 Å². The van der Waals surface area contributed by atoms with Crippen LogP contribution in [0.15, 0.2) is 43.0 Å². The summed E-state index contributed by atoms with van der Waals surface area (Å²) in [7, 11) is 0. The summed E-state index contributed by atoms with van der Waals surface area (Å²) in [5.74, 6) is 1.04. The van der Waals surface area contributed by atoms with Crippen molar-refractivity contribution in [3.63, 3.8) is 0 Å². The summed E-state index contributed by atoms with van der Waals surface area (Å²) in [5, 5.41) is 2.99. The molecule has 0 amide bonds. The zero-order valence-corrected chi connectivity index (χ0v) is 15.1. The topological polar surface area (TPSA) is 74.2 Å². The van der Waals surface area contributed by atoms with Crippen molar-refractivity contribution in [2.45, 2.75) is 19.1 Å². The predicted octanol–water partition coefficient (Wildman–Crippen LogP) is 2.86. The number of aromatic nitrogens is 3. The number of nitrogens with zero attached hydrogens (tertiary/aromatic N) is 5. The van der Waals surface area contributed by atoms with E-state index in [1.807, 2.05) is 11.8 Å². The zero-order chi connectivity index (χ0) is 20.1. The Morgan fingerprint density at radius 3 is 2.61 bits per heavy atom. The number of halogens is 3. The van der Waals surface area contributed by atoms with Gasteiger partial charge in [-0.2, -0.15) is 13.2 Å². The molecule has 0 saturated carbocycles. The quantitative estimate of drug-likeness (QED) is 0.620. The van der Waals surface area contributed by atoms with Crippen LogP contribution in [0.4, 0.5) is 30.5 Å². The molecule has 0 aromatic carbocycles. The third-order valence-corrected chi connectivity index (χ3v) is 4.33. The summed E-state index contributed by atoms with van der Waals surface area (Å²) in [6.07, 6.45) is 3.67. The molecule has 1 aliphatic rings. The van der Waals surface area contributed by atoms with Crippen LogP contribution in [-0.2, 0) is 11.0 Å². The zero-order valence-electron chi connectivity index (χ0n) is 15.1. The molecule has 3 rings (SSSR count). The van der Waals surface area contributed by atoms with Crippen molar-refractivity contribution in [2.75, 3.05) is 29.9 Å². The number of piperazine rings is 1. The van der Waals surface area contributed by atoms with Crippen LogP contribution in [-0.4, -0.2) is 51.8 Å². The lowest BCUT2D eigenvalue weighted by molar-refractivity contribution is -0.141. The maximum Gasteiger partial charge on any atom is 0.433 e. The minimum atomic E-state index is -4.48. The second-order valence-corrected chi connectivity index (χ2v) is 6.29. The number of carbonyl (C=O) groups is 1. The van der Waals surface area contributed by atoms with Crippen molar-refractivity contribution in [1.29, 1.82) is 0 Å². The first-order valence-electron chi connectivity index (χ1n) is 8.62. The van der Waals surface area contributed by atoms with Crippen molar-refractivity contribution in [3.05, 3.63) is 48.7 Å². The number of anilines is 3. The van der Waals surface area contributed by atoms with Crippen molar-refractivity contribution in [1.82, 2.24) is 19.9 Å². The molecule has 1 aliphatic heterocycles. The maximum atomic E-state index is 12.7. The number of hydrogen-bond acceptors (Lipinski definition) is 7. The highest BCUT2D eigenvalue weighted by molar-refractivity contribution is 5.68. The standard InChI is InChI=1S/C18H19F3N6O/c1-13-12-27(9-8-26(13)7-2-10-28)17-16(22-5-6-23-17)25-14-3-4-15(24-11-14)18(19,20)21/h2-7,10-11,13H,8-9,12H2,1H3,(H,22,25)/t13-/m0/s1. The van der Waals surface area contributed by atoms with Gasteiger partial charge in [0.25, 0.3) is 0 Å². The lowest BCUT2D eigenvalue weighted by Gasteiger charge is -2.40. The Balaban J connectivity index is 1.75. The van der Waals surface area contributed by atoms with Crippen LogP contribution in [0.1, 0.15) is 12.6 Å². The fraction of sp³-hybridized carbons (Fsp3) is 0.333. The van der Waals surface area contributed by atoms with E-state index in [-0.39, 0.29) is 6.04 Å². The molecule has 0 spiro atoms. The number of carbonyl (C=O) groups excluding carboxylic acids is 1. The number of pyridine rings is 1. The van der Waals surface area contributed by atoms with Gasteiger partial charge in [0.15, 0.2) is 11.6 Å². The molecular weight excluding hydrogens is 373 g/mol. The summed E-state index contributed by atoms with van der Waals surface area (Å²) < 4.78 is 38.0. The number of allylic oxidation sites excluding steroid dienone is 1. The fourth-order valence-electron chi connectivity index (χ4n) is 2.95. The van der Waals surface area contributed by atoms with Crippen LogP contribution < -0.4 is 10.2 Å². The third-order valence-electron chi connectivity index (χ3n) is 4.33. The molecule has 10 heteroatoms. The second-order valence-electron chi connectivity index (χ2n) is 6.29. The van der Waals surface area contributed by atoms with Crippen LogP contribution in [0.5, 0.6) is 0 Å². The largest absolute Gasteiger partial charge is 0.433 e. The van der Waals surface area contributed by atoms with Crippen LogP contribution in [0.25, 0.3) is 0 Å². The summed E-state index contributed by atoms with van der Waals surface area (Å²) in [4.78, 5) is 26.7. The average molecular weight is 392 g/mol. The lowest BCUT2D eigenvalue weighted by atomic mass is 10.2. The molecule has 28 heavy (non-hydrogen) atoms. The first-order valence-corrected chi connectivity index (χ1v) is 8.62. The van der Waals surface area contributed by atoms with Crippen LogP contribution >= 0.6 is 0 Å². The van der Waals surface area contributed by atoms with Crippen LogP contribution in [0.2, 0.25) is 0 Å². The van der Waals surface area contributed by atoms with Crippen molar-refractivity contribution >= 4 is 23.6 Å². The van der Waals surface area contributed by atoms with Crippen LogP contribution in [0.3, 0.4) is 0 Å². The summed E-state index contributed by atoms with van der Waals surface area (Å²) in [6, 6.07) is 2.37. The van der Waals surface area contributed by atoms with Gasteiger partial charge in [0.1, 0.15) is 12.0 Å². The van der Waals surface area contributed by atoms with Gasteiger partial charge in [0, 0.05) is 44.3 Å². The van der Waals surface area contributed by atoms with E-state index < -0.39 is 11.9 Å². The van der Waals surface area contributed by atoms with Gasteiger partial charge in [-0.1, -0.05) is 0 Å². The molecule has 0 radical (unpaired) electrons. The Bertz CT molecular complexity index is 840. The Morgan fingerprint density at radius 1 is 1.18 bits per heavy atom. The van der Waals surface area contributed by atoms with Crippen molar-refractivity contribution in [3.8, 4) is 0 Å². The van der Waals surface area contributed by atoms with Gasteiger partial charge in [-0.15, -0.1) is 0 Å². The number of hydrogen-bond donors (Lipinski definition) is 1. The molecule has 148 valence electrons. The minimum absolute atomic E-state index is 0.146. The minimum Gasteiger partial charge on any atom is -0.371 e.